The van der Waals surface area contributed by atoms with E-state index >= 15 is 0 Å². The second kappa shape index (κ2) is 5.54. The van der Waals surface area contributed by atoms with Gasteiger partial charge >= 0.3 is 5.97 Å². The summed E-state index contributed by atoms with van der Waals surface area (Å²) in [6.45, 7) is 1.95. The van der Waals surface area contributed by atoms with E-state index < -0.39 is 12.0 Å². The molecular formula is C16H14N2O2S. The molecule has 1 atom stereocenters. The number of aromatic nitrogens is 1. The minimum absolute atomic E-state index is 0.725. The van der Waals surface area contributed by atoms with E-state index in [0.717, 1.165) is 27.0 Å². The molecule has 21 heavy (non-hydrogen) atoms. The summed E-state index contributed by atoms with van der Waals surface area (Å²) in [5.41, 5.74) is 5.22. The van der Waals surface area contributed by atoms with Gasteiger partial charge in [0.25, 0.3) is 0 Å². The highest BCUT2D eigenvalue weighted by Gasteiger charge is 2.20. The molecule has 0 aliphatic heterocycles. The van der Waals surface area contributed by atoms with E-state index in [4.69, 9.17) is 0 Å². The Morgan fingerprint density at radius 3 is 2.86 bits per heavy atom. The summed E-state index contributed by atoms with van der Waals surface area (Å²) in [7, 11) is 0. The zero-order valence-electron chi connectivity index (χ0n) is 11.4. The first-order valence-corrected chi connectivity index (χ1v) is 7.41. The largest absolute Gasteiger partial charge is 0.479 e. The van der Waals surface area contributed by atoms with Crippen molar-refractivity contribution in [2.45, 2.75) is 13.0 Å². The number of nitrogens with zero attached hydrogens (tertiary/aromatic N) is 1. The summed E-state index contributed by atoms with van der Waals surface area (Å²) in [5, 5.41) is 12.6. The van der Waals surface area contributed by atoms with E-state index in [9.17, 15) is 9.90 Å². The third kappa shape index (κ3) is 2.73. The molecule has 0 saturated heterocycles. The van der Waals surface area contributed by atoms with Crippen LogP contribution in [0.5, 0.6) is 0 Å². The summed E-state index contributed by atoms with van der Waals surface area (Å²) in [5.74, 6) is -0.901. The molecular weight excluding hydrogens is 284 g/mol. The second-order valence-electron chi connectivity index (χ2n) is 4.81. The molecule has 5 heteroatoms. The molecule has 0 saturated carbocycles. The molecule has 4 nitrogen and oxygen atoms in total. The quantitative estimate of drug-likeness (QED) is 0.768. The molecule has 2 aromatic carbocycles. The van der Waals surface area contributed by atoms with Crippen molar-refractivity contribution in [1.82, 2.24) is 4.98 Å². The van der Waals surface area contributed by atoms with Crippen molar-refractivity contribution < 1.29 is 9.90 Å². The number of nitrogens with one attached hydrogen (secondary N) is 1. The van der Waals surface area contributed by atoms with Gasteiger partial charge in [-0.3, -0.25) is 0 Å². The molecule has 0 amide bonds. The number of aryl methyl sites for hydroxylation is 1. The summed E-state index contributed by atoms with van der Waals surface area (Å²) in [4.78, 5) is 15.8. The molecule has 0 bridgehead atoms. The van der Waals surface area contributed by atoms with Gasteiger partial charge in [0, 0.05) is 5.69 Å². The highest BCUT2D eigenvalue weighted by Crippen LogP contribution is 2.26. The lowest BCUT2D eigenvalue weighted by molar-refractivity contribution is -0.138. The summed E-state index contributed by atoms with van der Waals surface area (Å²) < 4.78 is 0.991. The van der Waals surface area contributed by atoms with Gasteiger partial charge in [-0.1, -0.05) is 24.3 Å². The molecule has 0 radical (unpaired) electrons. The van der Waals surface area contributed by atoms with E-state index in [0.29, 0.717) is 0 Å². The molecule has 2 N–H and O–H groups in total. The Morgan fingerprint density at radius 2 is 2.10 bits per heavy atom. The molecule has 0 spiro atoms. The number of para-hydroxylation sites is 1. The van der Waals surface area contributed by atoms with E-state index in [1.54, 1.807) is 5.51 Å². The maximum Gasteiger partial charge on any atom is 0.330 e. The van der Waals surface area contributed by atoms with Gasteiger partial charge in [-0.05, 0) is 36.2 Å². The zero-order chi connectivity index (χ0) is 14.8. The number of carboxylic acids is 1. The highest BCUT2D eigenvalue weighted by molar-refractivity contribution is 7.16. The van der Waals surface area contributed by atoms with E-state index in [1.165, 1.54) is 11.3 Å². The number of hydrogen-bond acceptors (Lipinski definition) is 4. The van der Waals surface area contributed by atoms with Crippen molar-refractivity contribution in [3.63, 3.8) is 0 Å². The predicted molar refractivity (Wildman–Crippen MR) is 84.8 cm³/mol. The van der Waals surface area contributed by atoms with Crippen LogP contribution in [0.15, 0.2) is 48.0 Å². The predicted octanol–water partition coefficient (Wildman–Crippen LogP) is 3.84. The van der Waals surface area contributed by atoms with Gasteiger partial charge in [-0.25, -0.2) is 9.78 Å². The minimum atomic E-state index is -0.901. The lowest BCUT2D eigenvalue weighted by Gasteiger charge is -2.17. The van der Waals surface area contributed by atoms with Crippen molar-refractivity contribution in [2.24, 2.45) is 0 Å². The Hall–Kier alpha value is -2.40. The van der Waals surface area contributed by atoms with Gasteiger partial charge in [0.2, 0.25) is 0 Å². The highest BCUT2D eigenvalue weighted by atomic mass is 32.1. The first-order chi connectivity index (χ1) is 10.1. The van der Waals surface area contributed by atoms with Crippen molar-refractivity contribution in [2.75, 3.05) is 5.32 Å². The standard InChI is InChI=1S/C16H14N2O2S/c1-10-4-2-3-5-12(10)18-15(16(19)20)11-6-7-13-14(8-11)21-9-17-13/h2-9,15,18H,1H3,(H,19,20). The van der Waals surface area contributed by atoms with Crippen LogP contribution in [0.2, 0.25) is 0 Å². The van der Waals surface area contributed by atoms with Crippen LogP contribution in [0.3, 0.4) is 0 Å². The number of fused-ring (bicyclic) bond motifs is 1. The molecule has 0 aliphatic rings. The normalized spacial score (nSPS) is 12.2. The number of hydrogen-bond donors (Lipinski definition) is 2. The number of anilines is 1. The Balaban J connectivity index is 1.97. The van der Waals surface area contributed by atoms with Crippen LogP contribution in [0.25, 0.3) is 10.2 Å². The average Bonchev–Trinajstić information content (AvgIpc) is 2.93. The first kappa shape index (κ1) is 13.6. The number of rotatable bonds is 4. The average molecular weight is 298 g/mol. The van der Waals surface area contributed by atoms with Gasteiger partial charge in [-0.15, -0.1) is 11.3 Å². The molecule has 0 aliphatic carbocycles. The van der Waals surface area contributed by atoms with Crippen LogP contribution < -0.4 is 5.32 Å². The lowest BCUT2D eigenvalue weighted by atomic mass is 10.1. The van der Waals surface area contributed by atoms with Gasteiger partial charge < -0.3 is 10.4 Å². The lowest BCUT2D eigenvalue weighted by Crippen LogP contribution is -2.20. The molecule has 1 unspecified atom stereocenters. The molecule has 3 aromatic rings. The van der Waals surface area contributed by atoms with Crippen molar-refractivity contribution in [3.05, 3.63) is 59.1 Å². The van der Waals surface area contributed by atoms with E-state index in [-0.39, 0.29) is 0 Å². The van der Waals surface area contributed by atoms with Crippen molar-refractivity contribution >= 4 is 33.2 Å². The van der Waals surface area contributed by atoms with Crippen LogP contribution in [0, 0.1) is 6.92 Å². The Bertz CT molecular complexity index is 798. The van der Waals surface area contributed by atoms with Crippen LogP contribution in [-0.2, 0) is 4.79 Å². The van der Waals surface area contributed by atoms with E-state index in [2.05, 4.69) is 10.3 Å². The molecule has 106 valence electrons. The number of thiazole rings is 1. The van der Waals surface area contributed by atoms with Crippen LogP contribution in [0.4, 0.5) is 5.69 Å². The maximum atomic E-state index is 11.6. The van der Waals surface area contributed by atoms with Crippen molar-refractivity contribution in [1.29, 1.82) is 0 Å². The van der Waals surface area contributed by atoms with Gasteiger partial charge in [0.15, 0.2) is 6.04 Å². The number of aliphatic carboxylic acids is 1. The van der Waals surface area contributed by atoms with Gasteiger partial charge in [-0.2, -0.15) is 0 Å². The minimum Gasteiger partial charge on any atom is -0.479 e. The monoisotopic (exact) mass is 298 g/mol. The third-order valence-electron chi connectivity index (χ3n) is 3.38. The Labute approximate surface area is 126 Å². The SMILES string of the molecule is Cc1ccccc1NC(C(=O)O)c1ccc2ncsc2c1. The molecule has 0 fully saturated rings. The first-order valence-electron chi connectivity index (χ1n) is 6.53. The topological polar surface area (TPSA) is 62.2 Å². The number of carbonyl (C=O) groups is 1. The van der Waals surface area contributed by atoms with Crippen molar-refractivity contribution in [3.8, 4) is 0 Å². The molecule has 3 rings (SSSR count). The smallest absolute Gasteiger partial charge is 0.330 e. The zero-order valence-corrected chi connectivity index (χ0v) is 12.2. The fourth-order valence-corrected chi connectivity index (χ4v) is 2.95. The Morgan fingerprint density at radius 1 is 1.29 bits per heavy atom. The Kier molecular flexibility index (Phi) is 3.58. The van der Waals surface area contributed by atoms with Gasteiger partial charge in [0.1, 0.15) is 0 Å². The number of carboxylic acid groups (broad SMARTS) is 1. The summed E-state index contributed by atoms with van der Waals surface area (Å²) in [6, 6.07) is 12.4. The van der Waals surface area contributed by atoms with Crippen LogP contribution >= 0.6 is 11.3 Å². The fourth-order valence-electron chi connectivity index (χ4n) is 2.23. The maximum absolute atomic E-state index is 11.6. The second-order valence-corrected chi connectivity index (χ2v) is 5.70. The van der Waals surface area contributed by atoms with Gasteiger partial charge in [0.05, 0.1) is 15.7 Å². The number of benzene rings is 2. The third-order valence-corrected chi connectivity index (χ3v) is 4.17. The molecule has 1 heterocycles. The van der Waals surface area contributed by atoms with Crippen LogP contribution in [-0.4, -0.2) is 16.1 Å². The van der Waals surface area contributed by atoms with Crippen LogP contribution in [0.1, 0.15) is 17.2 Å². The summed E-state index contributed by atoms with van der Waals surface area (Å²) >= 11 is 1.51. The fraction of sp³-hybridized carbons (Fsp3) is 0.125. The van der Waals surface area contributed by atoms with E-state index in [1.807, 2.05) is 49.4 Å². The summed E-state index contributed by atoms with van der Waals surface area (Å²) in [6.07, 6.45) is 0. The molecule has 1 aromatic heterocycles.